The van der Waals surface area contributed by atoms with Crippen LogP contribution < -0.4 is 16.2 Å². The third-order valence-corrected chi connectivity index (χ3v) is 4.42. The van der Waals surface area contributed by atoms with E-state index in [1.165, 1.54) is 16.3 Å². The van der Waals surface area contributed by atoms with Crippen LogP contribution in [0.1, 0.15) is 30.3 Å². The largest absolute Gasteiger partial charge is 0.345 e. The minimum atomic E-state index is -0.822. The Bertz CT molecular complexity index is 1100. The first-order chi connectivity index (χ1) is 14.3. The van der Waals surface area contributed by atoms with Gasteiger partial charge in [0.2, 0.25) is 5.95 Å². The van der Waals surface area contributed by atoms with E-state index in [1.807, 2.05) is 37.3 Å². The summed E-state index contributed by atoms with van der Waals surface area (Å²) in [6.45, 7) is 5.26. The highest BCUT2D eigenvalue weighted by Crippen LogP contribution is 2.14. The number of carbonyl (C=O) groups is 2. The number of anilines is 1. The lowest BCUT2D eigenvalue weighted by Gasteiger charge is -2.14. The summed E-state index contributed by atoms with van der Waals surface area (Å²) in [7, 11) is 0. The average molecular weight is 408 g/mol. The van der Waals surface area contributed by atoms with Gasteiger partial charge in [-0.05, 0) is 39.2 Å². The van der Waals surface area contributed by atoms with E-state index < -0.39 is 11.8 Å². The van der Waals surface area contributed by atoms with Crippen molar-refractivity contribution in [2.75, 3.05) is 5.32 Å². The molecule has 0 radical (unpaired) electrons. The van der Waals surface area contributed by atoms with Gasteiger partial charge in [0.25, 0.3) is 5.56 Å². The quantitative estimate of drug-likeness (QED) is 0.536. The van der Waals surface area contributed by atoms with E-state index in [4.69, 9.17) is 0 Å². The van der Waals surface area contributed by atoms with Gasteiger partial charge in [0, 0.05) is 23.9 Å². The van der Waals surface area contributed by atoms with Gasteiger partial charge in [-0.3, -0.25) is 19.4 Å². The number of aromatic nitrogens is 4. The number of benzene rings is 1. The Morgan fingerprint density at radius 2 is 1.83 bits per heavy atom. The van der Waals surface area contributed by atoms with Crippen molar-refractivity contribution in [3.05, 3.63) is 69.8 Å². The highest BCUT2D eigenvalue weighted by molar-refractivity contribution is 6.39. The van der Waals surface area contributed by atoms with Crippen molar-refractivity contribution in [1.82, 2.24) is 25.1 Å². The minimum Gasteiger partial charge on any atom is -0.345 e. The fourth-order valence-electron chi connectivity index (χ4n) is 2.98. The lowest BCUT2D eigenvalue weighted by atomic mass is 10.1. The van der Waals surface area contributed by atoms with Crippen LogP contribution in [-0.4, -0.2) is 37.6 Å². The van der Waals surface area contributed by atoms with Gasteiger partial charge in [0.15, 0.2) is 0 Å². The molecule has 2 heterocycles. The maximum Gasteiger partial charge on any atom is 0.314 e. The summed E-state index contributed by atoms with van der Waals surface area (Å²) in [6, 6.07) is 12.7. The molecular formula is C21H24N6O3. The van der Waals surface area contributed by atoms with Gasteiger partial charge in [0.05, 0.1) is 5.69 Å². The summed E-state index contributed by atoms with van der Waals surface area (Å²) < 4.78 is 1.29. The first-order valence-electron chi connectivity index (χ1n) is 9.62. The van der Waals surface area contributed by atoms with Crippen LogP contribution in [0, 0.1) is 13.8 Å². The van der Waals surface area contributed by atoms with Crippen LogP contribution in [0.15, 0.2) is 47.3 Å². The normalized spacial score (nSPS) is 11.7. The Kier molecular flexibility index (Phi) is 6.41. The Morgan fingerprint density at radius 1 is 1.10 bits per heavy atom. The Labute approximate surface area is 173 Å². The number of aromatic amines is 1. The van der Waals surface area contributed by atoms with E-state index >= 15 is 0 Å². The van der Waals surface area contributed by atoms with E-state index in [-0.39, 0.29) is 23.4 Å². The third-order valence-electron chi connectivity index (χ3n) is 4.42. The number of aryl methyl sites for hydroxylation is 3. The minimum absolute atomic E-state index is 0.153. The molecule has 156 valence electrons. The second-order valence-corrected chi connectivity index (χ2v) is 7.15. The number of H-pyrrole nitrogens is 1. The van der Waals surface area contributed by atoms with Crippen LogP contribution in [0.4, 0.5) is 5.82 Å². The van der Waals surface area contributed by atoms with Crippen LogP contribution in [0.25, 0.3) is 5.95 Å². The van der Waals surface area contributed by atoms with Gasteiger partial charge in [-0.25, -0.2) is 4.98 Å². The lowest BCUT2D eigenvalue weighted by Crippen LogP contribution is -2.41. The smallest absolute Gasteiger partial charge is 0.314 e. The standard InChI is InChI=1S/C21H24N6O3/c1-13(9-10-16-7-5-4-6-8-16)22-19(29)20(30)24-17-11-15(3)26-27(17)21-23-14(2)12-18(28)25-21/h4-8,11-13H,9-10H2,1-3H3,(H,22,29)(H,24,30)(H,23,25,28). The Morgan fingerprint density at radius 3 is 2.53 bits per heavy atom. The molecule has 2 amide bonds. The lowest BCUT2D eigenvalue weighted by molar-refractivity contribution is -0.136. The molecule has 0 bridgehead atoms. The average Bonchev–Trinajstić information content (AvgIpc) is 3.06. The number of nitrogens with one attached hydrogen (secondary N) is 3. The number of carbonyl (C=O) groups excluding carboxylic acids is 2. The molecule has 30 heavy (non-hydrogen) atoms. The van der Waals surface area contributed by atoms with Gasteiger partial charge in [-0.1, -0.05) is 30.3 Å². The van der Waals surface area contributed by atoms with E-state index in [9.17, 15) is 14.4 Å². The topological polar surface area (TPSA) is 122 Å². The van der Waals surface area contributed by atoms with E-state index in [0.29, 0.717) is 17.8 Å². The van der Waals surface area contributed by atoms with E-state index in [2.05, 4.69) is 25.7 Å². The molecule has 3 rings (SSSR count). The molecule has 0 aliphatic carbocycles. The molecular weight excluding hydrogens is 384 g/mol. The highest BCUT2D eigenvalue weighted by atomic mass is 16.2. The summed E-state index contributed by atoms with van der Waals surface area (Å²) in [4.78, 5) is 43.2. The van der Waals surface area contributed by atoms with Crippen LogP contribution in [0.5, 0.6) is 0 Å². The SMILES string of the molecule is Cc1cc(=O)[nH]c(-n2nc(C)cc2NC(=O)C(=O)NC(C)CCc2ccccc2)n1. The molecule has 1 unspecified atom stereocenters. The Hall–Kier alpha value is -3.75. The van der Waals surface area contributed by atoms with Gasteiger partial charge >= 0.3 is 11.8 Å². The molecule has 9 nitrogen and oxygen atoms in total. The first-order valence-corrected chi connectivity index (χ1v) is 9.62. The van der Waals surface area contributed by atoms with Crippen LogP contribution in [-0.2, 0) is 16.0 Å². The molecule has 0 aliphatic heterocycles. The van der Waals surface area contributed by atoms with Crippen LogP contribution in [0.3, 0.4) is 0 Å². The fraction of sp³-hybridized carbons (Fsp3) is 0.286. The van der Waals surface area contributed by atoms with Crippen molar-refractivity contribution in [1.29, 1.82) is 0 Å². The monoisotopic (exact) mass is 408 g/mol. The molecule has 9 heteroatoms. The first kappa shape index (κ1) is 21.0. The summed E-state index contributed by atoms with van der Waals surface area (Å²) in [5, 5.41) is 9.47. The maximum atomic E-state index is 12.4. The highest BCUT2D eigenvalue weighted by Gasteiger charge is 2.19. The summed E-state index contributed by atoms with van der Waals surface area (Å²) >= 11 is 0. The number of hydrogen-bond acceptors (Lipinski definition) is 5. The van der Waals surface area contributed by atoms with Crippen molar-refractivity contribution in [3.63, 3.8) is 0 Å². The molecule has 0 saturated heterocycles. The molecule has 3 N–H and O–H groups in total. The fourth-order valence-corrected chi connectivity index (χ4v) is 2.98. The van der Waals surface area contributed by atoms with E-state index in [0.717, 1.165) is 6.42 Å². The van der Waals surface area contributed by atoms with Gasteiger partial charge in [0.1, 0.15) is 5.82 Å². The van der Waals surface area contributed by atoms with Crippen molar-refractivity contribution >= 4 is 17.6 Å². The molecule has 1 atom stereocenters. The number of hydrogen-bond donors (Lipinski definition) is 3. The maximum absolute atomic E-state index is 12.4. The zero-order valence-corrected chi connectivity index (χ0v) is 17.1. The summed E-state index contributed by atoms with van der Waals surface area (Å²) in [5.41, 5.74) is 1.92. The van der Waals surface area contributed by atoms with Gasteiger partial charge in [-0.2, -0.15) is 9.78 Å². The van der Waals surface area contributed by atoms with E-state index in [1.54, 1.807) is 19.9 Å². The molecule has 2 aromatic heterocycles. The number of amides is 2. The predicted octanol–water partition coefficient (Wildman–Crippen LogP) is 1.65. The molecule has 0 spiro atoms. The second kappa shape index (κ2) is 9.17. The zero-order valence-electron chi connectivity index (χ0n) is 17.1. The van der Waals surface area contributed by atoms with Crippen molar-refractivity contribution in [2.24, 2.45) is 0 Å². The van der Waals surface area contributed by atoms with Gasteiger partial charge < -0.3 is 10.6 Å². The molecule has 0 fully saturated rings. The zero-order chi connectivity index (χ0) is 21.7. The summed E-state index contributed by atoms with van der Waals surface area (Å²) in [5.74, 6) is -1.18. The number of nitrogens with zero attached hydrogens (tertiary/aromatic N) is 3. The number of rotatable bonds is 6. The second-order valence-electron chi connectivity index (χ2n) is 7.15. The molecule has 1 aromatic carbocycles. The van der Waals surface area contributed by atoms with Crippen molar-refractivity contribution in [2.45, 2.75) is 39.7 Å². The molecule has 0 saturated carbocycles. The molecule has 0 aliphatic rings. The van der Waals surface area contributed by atoms with Crippen LogP contribution in [0.2, 0.25) is 0 Å². The van der Waals surface area contributed by atoms with Crippen LogP contribution >= 0.6 is 0 Å². The third kappa shape index (κ3) is 5.40. The van der Waals surface area contributed by atoms with Gasteiger partial charge in [-0.15, -0.1) is 0 Å². The van der Waals surface area contributed by atoms with Crippen molar-refractivity contribution in [3.8, 4) is 5.95 Å². The Balaban J connectivity index is 1.64. The predicted molar refractivity (Wildman–Crippen MR) is 112 cm³/mol. The molecule has 3 aromatic rings. The van der Waals surface area contributed by atoms with Crippen molar-refractivity contribution < 1.29 is 9.59 Å². The summed E-state index contributed by atoms with van der Waals surface area (Å²) in [6.07, 6.45) is 1.50.